The van der Waals surface area contributed by atoms with Gasteiger partial charge in [0.1, 0.15) is 6.54 Å². The summed E-state index contributed by atoms with van der Waals surface area (Å²) in [6.07, 6.45) is 1.76. The Labute approximate surface area is 241 Å². The van der Waals surface area contributed by atoms with Crippen molar-refractivity contribution in [1.29, 1.82) is 0 Å². The molecule has 0 heterocycles. The molecule has 0 bridgehead atoms. The summed E-state index contributed by atoms with van der Waals surface area (Å²) in [7, 11) is -3.73. The third kappa shape index (κ3) is 6.76. The molecule has 4 aromatic carbocycles. The molecule has 0 aliphatic carbocycles. The van der Waals surface area contributed by atoms with Gasteiger partial charge in [-0.15, -0.1) is 0 Å². The van der Waals surface area contributed by atoms with E-state index in [9.17, 15) is 8.42 Å². The Bertz CT molecular complexity index is 1550. The van der Waals surface area contributed by atoms with Crippen LogP contribution in [-0.4, -0.2) is 39.1 Å². The second-order valence-corrected chi connectivity index (χ2v) is 13.3. The highest BCUT2D eigenvalue weighted by Gasteiger charge is 2.27. The van der Waals surface area contributed by atoms with Crippen molar-refractivity contribution in [2.45, 2.75) is 65.8 Å². The zero-order valence-corrected chi connectivity index (χ0v) is 25.9. The number of hydrogen-bond donors (Lipinski definition) is 0. The minimum absolute atomic E-state index is 0.339. The van der Waals surface area contributed by atoms with Crippen molar-refractivity contribution in [2.24, 2.45) is 0 Å². The molecule has 0 N–H and O–H groups in total. The number of rotatable bonds is 12. The normalized spacial score (nSPS) is 12.2. The van der Waals surface area contributed by atoms with Gasteiger partial charge in [-0.2, -0.15) is 0 Å². The van der Waals surface area contributed by atoms with Gasteiger partial charge in [-0.05, 0) is 101 Å². The summed E-state index contributed by atoms with van der Waals surface area (Å²) in [5.74, 6) is 0. The molecule has 0 aromatic heterocycles. The standard InChI is InChI=1S/C35H45N2O2S/c1-7-37(8-2,26-31-22-27(3)21-28(4)23-31)20-12-11-19-36(34-17-15-29(5)30(6)24-34)40(38,39)35-18-16-32-13-9-10-14-33(32)25-35/h9-10,13-18,21-25H,7-8,11-12,19-20,26H2,1-6H3/q+1. The van der Waals surface area contributed by atoms with Crippen molar-refractivity contribution in [3.05, 3.63) is 107 Å². The first-order chi connectivity index (χ1) is 19.1. The topological polar surface area (TPSA) is 37.4 Å². The molecule has 4 rings (SSSR count). The van der Waals surface area contributed by atoms with E-state index in [1.54, 1.807) is 16.4 Å². The second kappa shape index (κ2) is 12.6. The Hall–Kier alpha value is -3.15. The average molecular weight is 558 g/mol. The minimum Gasteiger partial charge on any atom is -0.320 e. The van der Waals surface area contributed by atoms with Gasteiger partial charge in [0.05, 0.1) is 30.2 Å². The molecule has 0 saturated carbocycles. The molecule has 0 aliphatic rings. The maximum atomic E-state index is 14.1. The van der Waals surface area contributed by atoms with Crippen LogP contribution in [0.2, 0.25) is 0 Å². The maximum Gasteiger partial charge on any atom is 0.264 e. The molecule has 0 amide bonds. The highest BCUT2D eigenvalue weighted by Crippen LogP contribution is 2.29. The van der Waals surface area contributed by atoms with Crippen LogP contribution in [0.5, 0.6) is 0 Å². The molecular formula is C35H45N2O2S+. The zero-order valence-electron chi connectivity index (χ0n) is 25.1. The number of anilines is 1. The molecule has 4 aromatic rings. The Morgan fingerprint density at radius 3 is 2.02 bits per heavy atom. The van der Waals surface area contributed by atoms with E-state index in [-0.39, 0.29) is 0 Å². The van der Waals surface area contributed by atoms with Crippen molar-refractivity contribution in [3.8, 4) is 0 Å². The van der Waals surface area contributed by atoms with Crippen LogP contribution in [0.3, 0.4) is 0 Å². The molecule has 0 fully saturated rings. The van der Waals surface area contributed by atoms with E-state index >= 15 is 0 Å². The molecule has 0 radical (unpaired) electrons. The van der Waals surface area contributed by atoms with Crippen LogP contribution < -0.4 is 4.31 Å². The Balaban J connectivity index is 1.56. The summed E-state index contributed by atoms with van der Waals surface area (Å²) >= 11 is 0. The summed E-state index contributed by atoms with van der Waals surface area (Å²) < 4.78 is 30.8. The molecule has 0 aliphatic heterocycles. The molecule has 0 saturated heterocycles. The fraction of sp³-hybridized carbons (Fsp3) is 0.371. The predicted octanol–water partition coefficient (Wildman–Crippen LogP) is 8.11. The van der Waals surface area contributed by atoms with Crippen molar-refractivity contribution in [2.75, 3.05) is 30.5 Å². The molecule has 40 heavy (non-hydrogen) atoms. The first-order valence-electron chi connectivity index (χ1n) is 14.6. The summed E-state index contributed by atoms with van der Waals surface area (Å²) in [6.45, 7) is 17.6. The van der Waals surface area contributed by atoms with E-state index in [0.29, 0.717) is 11.4 Å². The minimum atomic E-state index is -3.73. The third-order valence-electron chi connectivity index (χ3n) is 8.47. The van der Waals surface area contributed by atoms with Gasteiger partial charge in [0.25, 0.3) is 10.0 Å². The maximum absolute atomic E-state index is 14.1. The lowest BCUT2D eigenvalue weighted by Crippen LogP contribution is -2.47. The zero-order chi connectivity index (χ0) is 28.9. The Morgan fingerprint density at radius 2 is 1.38 bits per heavy atom. The van der Waals surface area contributed by atoms with Gasteiger partial charge in [-0.3, -0.25) is 4.31 Å². The lowest BCUT2D eigenvalue weighted by molar-refractivity contribution is -0.938. The first-order valence-corrected chi connectivity index (χ1v) is 16.0. The highest BCUT2D eigenvalue weighted by atomic mass is 32.2. The number of aryl methyl sites for hydroxylation is 4. The predicted molar refractivity (Wildman–Crippen MR) is 169 cm³/mol. The van der Waals surface area contributed by atoms with Crippen molar-refractivity contribution in [3.63, 3.8) is 0 Å². The van der Waals surface area contributed by atoms with Gasteiger partial charge in [0, 0.05) is 12.1 Å². The van der Waals surface area contributed by atoms with Gasteiger partial charge < -0.3 is 4.48 Å². The largest absolute Gasteiger partial charge is 0.320 e. The molecule has 0 spiro atoms. The van der Waals surface area contributed by atoms with Gasteiger partial charge >= 0.3 is 0 Å². The van der Waals surface area contributed by atoms with E-state index < -0.39 is 10.0 Å². The van der Waals surface area contributed by atoms with E-state index in [1.807, 2.05) is 55.5 Å². The molecule has 4 nitrogen and oxygen atoms in total. The molecule has 0 atom stereocenters. The van der Waals surface area contributed by atoms with Crippen molar-refractivity contribution < 1.29 is 12.9 Å². The van der Waals surface area contributed by atoms with E-state index in [4.69, 9.17) is 0 Å². The van der Waals surface area contributed by atoms with E-state index in [2.05, 4.69) is 52.8 Å². The van der Waals surface area contributed by atoms with Gasteiger partial charge in [0.15, 0.2) is 0 Å². The molecular weight excluding hydrogens is 512 g/mol. The quantitative estimate of drug-likeness (QED) is 0.130. The van der Waals surface area contributed by atoms with Crippen LogP contribution in [0.1, 0.15) is 54.5 Å². The van der Waals surface area contributed by atoms with Gasteiger partial charge in [-0.1, -0.05) is 65.7 Å². The SMILES string of the molecule is CC[N+](CC)(CCCCN(c1ccc(C)c(C)c1)S(=O)(=O)c1ccc2ccccc2c1)Cc1cc(C)cc(C)c1. The number of quaternary nitrogens is 1. The average Bonchev–Trinajstić information content (AvgIpc) is 2.93. The smallest absolute Gasteiger partial charge is 0.264 e. The van der Waals surface area contributed by atoms with Gasteiger partial charge in [-0.25, -0.2) is 8.42 Å². The van der Waals surface area contributed by atoms with Crippen LogP contribution in [0, 0.1) is 27.7 Å². The number of unbranched alkanes of at least 4 members (excludes halogenated alkanes) is 1. The lowest BCUT2D eigenvalue weighted by Gasteiger charge is -2.37. The van der Waals surface area contributed by atoms with Crippen molar-refractivity contribution >= 4 is 26.5 Å². The van der Waals surface area contributed by atoms with Crippen LogP contribution in [0.25, 0.3) is 10.8 Å². The number of nitrogens with zero attached hydrogens (tertiary/aromatic N) is 2. The summed E-state index contributed by atoms with van der Waals surface area (Å²) in [5.41, 5.74) is 6.99. The first kappa shape index (κ1) is 29.8. The fourth-order valence-corrected chi connectivity index (χ4v) is 7.35. The number of fused-ring (bicyclic) bond motifs is 1. The molecule has 0 unspecified atom stereocenters. The van der Waals surface area contributed by atoms with Crippen LogP contribution >= 0.6 is 0 Å². The molecule has 5 heteroatoms. The van der Waals surface area contributed by atoms with Crippen LogP contribution in [-0.2, 0) is 16.6 Å². The summed E-state index contributed by atoms with van der Waals surface area (Å²) in [6, 6.07) is 26.2. The lowest BCUT2D eigenvalue weighted by atomic mass is 10.1. The second-order valence-electron chi connectivity index (χ2n) is 11.4. The monoisotopic (exact) mass is 557 g/mol. The third-order valence-corrected chi connectivity index (χ3v) is 10.3. The Morgan fingerprint density at radius 1 is 0.700 bits per heavy atom. The fourth-order valence-electron chi connectivity index (χ4n) is 5.82. The number of benzene rings is 4. The summed E-state index contributed by atoms with van der Waals surface area (Å²) in [4.78, 5) is 0.339. The van der Waals surface area contributed by atoms with E-state index in [1.165, 1.54) is 16.7 Å². The van der Waals surface area contributed by atoms with Crippen LogP contribution in [0.4, 0.5) is 5.69 Å². The Kier molecular flexibility index (Phi) is 9.37. The number of sulfonamides is 1. The van der Waals surface area contributed by atoms with Crippen LogP contribution in [0.15, 0.2) is 83.8 Å². The number of hydrogen-bond acceptors (Lipinski definition) is 2. The molecule has 212 valence electrons. The van der Waals surface area contributed by atoms with Crippen molar-refractivity contribution in [1.82, 2.24) is 0 Å². The van der Waals surface area contributed by atoms with E-state index in [0.717, 1.165) is 71.1 Å². The van der Waals surface area contributed by atoms with Gasteiger partial charge in [0.2, 0.25) is 0 Å². The highest BCUT2D eigenvalue weighted by molar-refractivity contribution is 7.92. The summed E-state index contributed by atoms with van der Waals surface area (Å²) in [5, 5.41) is 1.97.